The van der Waals surface area contributed by atoms with Crippen molar-refractivity contribution in [2.75, 3.05) is 17.1 Å². The molecule has 0 aromatic heterocycles. The Bertz CT molecular complexity index is 1190. The number of benzene rings is 2. The summed E-state index contributed by atoms with van der Waals surface area (Å²) in [6.07, 6.45) is 1.78. The number of anilines is 1. The molecule has 0 aliphatic carbocycles. The van der Waals surface area contributed by atoms with Crippen molar-refractivity contribution in [2.45, 2.75) is 59.7 Å². The molecule has 1 N–H and O–H groups in total. The summed E-state index contributed by atoms with van der Waals surface area (Å²) in [7, 11) is -3.80. The third kappa shape index (κ3) is 7.85. The Morgan fingerprint density at radius 2 is 1.71 bits per heavy atom. The molecular weight excluding hydrogens is 509 g/mol. The van der Waals surface area contributed by atoms with Gasteiger partial charge in [0.05, 0.1) is 11.9 Å². The van der Waals surface area contributed by atoms with E-state index in [0.29, 0.717) is 21.3 Å². The van der Waals surface area contributed by atoms with E-state index in [-0.39, 0.29) is 18.5 Å². The van der Waals surface area contributed by atoms with Crippen molar-refractivity contribution >= 4 is 50.7 Å². The minimum Gasteiger partial charge on any atom is -0.352 e. The minimum atomic E-state index is -3.80. The molecule has 10 heteroatoms. The molecule has 7 nitrogen and oxygen atoms in total. The first-order valence-electron chi connectivity index (χ1n) is 11.3. The lowest BCUT2D eigenvalue weighted by Crippen LogP contribution is -2.52. The third-order valence-electron chi connectivity index (χ3n) is 5.82. The molecule has 0 fully saturated rings. The van der Waals surface area contributed by atoms with E-state index in [2.05, 4.69) is 5.32 Å². The standard InChI is InChI=1S/C25H33Cl2N3O4S/c1-7-18(4)28-25(32)19(5)29(14-20-9-10-21(26)13-22(20)27)24(31)15-30(35(6,33)34)23-11-8-16(2)12-17(23)3/h8-13,18-19H,7,14-15H2,1-6H3,(H,28,32)/t18-,19-/m0/s1. The van der Waals surface area contributed by atoms with Crippen LogP contribution >= 0.6 is 23.2 Å². The average molecular weight is 543 g/mol. The monoisotopic (exact) mass is 541 g/mol. The van der Waals surface area contributed by atoms with Crippen LogP contribution in [0.4, 0.5) is 5.69 Å². The zero-order valence-corrected chi connectivity index (χ0v) is 23.3. The van der Waals surface area contributed by atoms with Crippen molar-refractivity contribution in [1.82, 2.24) is 10.2 Å². The molecule has 0 bridgehead atoms. The van der Waals surface area contributed by atoms with E-state index in [4.69, 9.17) is 23.2 Å². The van der Waals surface area contributed by atoms with Gasteiger partial charge in [-0.2, -0.15) is 0 Å². The maximum atomic E-state index is 13.6. The third-order valence-corrected chi connectivity index (χ3v) is 7.54. The fourth-order valence-electron chi connectivity index (χ4n) is 3.56. The summed E-state index contributed by atoms with van der Waals surface area (Å²) in [4.78, 5) is 27.9. The number of hydrogen-bond donors (Lipinski definition) is 1. The van der Waals surface area contributed by atoms with Crippen molar-refractivity contribution in [2.24, 2.45) is 0 Å². The first-order chi connectivity index (χ1) is 16.2. The topological polar surface area (TPSA) is 86.8 Å². The highest BCUT2D eigenvalue weighted by atomic mass is 35.5. The Labute approximate surface area is 218 Å². The number of carbonyl (C=O) groups is 2. The molecule has 2 aromatic carbocycles. The molecule has 192 valence electrons. The highest BCUT2D eigenvalue weighted by Crippen LogP contribution is 2.26. The van der Waals surface area contributed by atoms with Gasteiger partial charge in [-0.05, 0) is 63.4 Å². The lowest BCUT2D eigenvalue weighted by atomic mass is 10.1. The normalized spacial score (nSPS) is 13.1. The Balaban J connectivity index is 2.45. The highest BCUT2D eigenvalue weighted by molar-refractivity contribution is 7.92. The predicted octanol–water partition coefficient (Wildman–Crippen LogP) is 4.71. The number of halogens is 2. The highest BCUT2D eigenvalue weighted by Gasteiger charge is 2.31. The number of hydrogen-bond acceptors (Lipinski definition) is 4. The second-order valence-corrected chi connectivity index (χ2v) is 11.6. The summed E-state index contributed by atoms with van der Waals surface area (Å²) in [5.41, 5.74) is 2.69. The van der Waals surface area contributed by atoms with Gasteiger partial charge in [-0.15, -0.1) is 0 Å². The van der Waals surface area contributed by atoms with Gasteiger partial charge in [0.2, 0.25) is 21.8 Å². The van der Waals surface area contributed by atoms with Gasteiger partial charge < -0.3 is 10.2 Å². The Kier molecular flexibility index (Phi) is 10.0. The summed E-state index contributed by atoms with van der Waals surface area (Å²) in [5.74, 6) is -0.872. The summed E-state index contributed by atoms with van der Waals surface area (Å²) >= 11 is 12.4. The van der Waals surface area contributed by atoms with Crippen LogP contribution in [0.15, 0.2) is 36.4 Å². The Hall–Kier alpha value is -2.29. The maximum absolute atomic E-state index is 13.6. The van der Waals surface area contributed by atoms with Crippen LogP contribution in [-0.4, -0.2) is 50.0 Å². The molecule has 2 amide bonds. The molecule has 0 aliphatic rings. The number of rotatable bonds is 10. The Morgan fingerprint density at radius 3 is 2.26 bits per heavy atom. The zero-order chi connectivity index (χ0) is 26.5. The van der Waals surface area contributed by atoms with Crippen molar-refractivity contribution < 1.29 is 18.0 Å². The summed E-state index contributed by atoms with van der Waals surface area (Å²) in [6, 6.07) is 9.26. The molecule has 0 spiro atoms. The second-order valence-electron chi connectivity index (χ2n) is 8.81. The fourth-order valence-corrected chi connectivity index (χ4v) is 4.94. The van der Waals surface area contributed by atoms with Crippen LogP contribution < -0.4 is 9.62 Å². The molecule has 0 saturated heterocycles. The van der Waals surface area contributed by atoms with Gasteiger partial charge in [0.15, 0.2) is 0 Å². The van der Waals surface area contributed by atoms with Crippen molar-refractivity contribution in [3.63, 3.8) is 0 Å². The van der Waals surface area contributed by atoms with Crippen molar-refractivity contribution in [3.05, 3.63) is 63.1 Å². The first kappa shape index (κ1) is 28.9. The molecule has 2 rings (SSSR count). The minimum absolute atomic E-state index is 0.00834. The average Bonchev–Trinajstić information content (AvgIpc) is 2.76. The van der Waals surface area contributed by atoms with E-state index in [9.17, 15) is 18.0 Å². The molecule has 0 heterocycles. The van der Waals surface area contributed by atoms with Gasteiger partial charge in [0.1, 0.15) is 12.6 Å². The SMILES string of the molecule is CC[C@H](C)NC(=O)[C@H](C)N(Cc1ccc(Cl)cc1Cl)C(=O)CN(c1ccc(C)cc1C)S(C)(=O)=O. The molecule has 0 saturated carbocycles. The molecule has 0 unspecified atom stereocenters. The van der Waals surface area contributed by atoms with Crippen LogP contribution in [0.5, 0.6) is 0 Å². The van der Waals surface area contributed by atoms with E-state index >= 15 is 0 Å². The number of carbonyl (C=O) groups excluding carboxylic acids is 2. The maximum Gasteiger partial charge on any atom is 0.244 e. The van der Waals surface area contributed by atoms with Crippen molar-refractivity contribution in [1.29, 1.82) is 0 Å². The molecule has 2 atom stereocenters. The van der Waals surface area contributed by atoms with Crippen LogP contribution in [0.3, 0.4) is 0 Å². The van der Waals surface area contributed by atoms with E-state index < -0.39 is 28.5 Å². The second kappa shape index (κ2) is 12.1. The number of amides is 2. The van der Waals surface area contributed by atoms with Gasteiger partial charge in [-0.1, -0.05) is 53.9 Å². The largest absolute Gasteiger partial charge is 0.352 e. The van der Waals surface area contributed by atoms with Gasteiger partial charge in [-0.3, -0.25) is 13.9 Å². The van der Waals surface area contributed by atoms with Crippen LogP contribution in [0, 0.1) is 13.8 Å². The predicted molar refractivity (Wildman–Crippen MR) is 142 cm³/mol. The van der Waals surface area contributed by atoms with Crippen LogP contribution in [0.25, 0.3) is 0 Å². The van der Waals surface area contributed by atoms with Gasteiger partial charge in [0.25, 0.3) is 0 Å². The van der Waals surface area contributed by atoms with Crippen molar-refractivity contribution in [3.8, 4) is 0 Å². The smallest absolute Gasteiger partial charge is 0.244 e. The molecule has 0 radical (unpaired) electrons. The van der Waals surface area contributed by atoms with E-state index in [1.54, 1.807) is 44.2 Å². The van der Waals surface area contributed by atoms with Gasteiger partial charge in [0, 0.05) is 22.6 Å². The summed E-state index contributed by atoms with van der Waals surface area (Å²) < 4.78 is 26.5. The number of aryl methyl sites for hydroxylation is 2. The fraction of sp³-hybridized carbons (Fsp3) is 0.440. The van der Waals surface area contributed by atoms with Crippen LogP contribution in [0.2, 0.25) is 10.0 Å². The summed E-state index contributed by atoms with van der Waals surface area (Å²) in [6.45, 7) is 8.67. The molecular formula is C25H33Cl2N3O4S. The van der Waals surface area contributed by atoms with E-state index in [0.717, 1.165) is 28.1 Å². The lowest BCUT2D eigenvalue weighted by molar-refractivity contribution is -0.139. The van der Waals surface area contributed by atoms with Gasteiger partial charge in [-0.25, -0.2) is 8.42 Å². The van der Waals surface area contributed by atoms with Crippen LogP contribution in [-0.2, 0) is 26.2 Å². The molecule has 35 heavy (non-hydrogen) atoms. The Morgan fingerprint density at radius 1 is 1.06 bits per heavy atom. The van der Waals surface area contributed by atoms with E-state index in [1.165, 1.54) is 4.90 Å². The summed E-state index contributed by atoms with van der Waals surface area (Å²) in [5, 5.41) is 3.67. The van der Waals surface area contributed by atoms with Crippen LogP contribution in [0.1, 0.15) is 43.9 Å². The zero-order valence-electron chi connectivity index (χ0n) is 20.9. The number of nitrogens with one attached hydrogen (secondary N) is 1. The lowest BCUT2D eigenvalue weighted by Gasteiger charge is -2.32. The van der Waals surface area contributed by atoms with E-state index in [1.807, 2.05) is 26.8 Å². The quantitative estimate of drug-likeness (QED) is 0.471. The number of sulfonamides is 1. The number of nitrogens with zero attached hydrogens (tertiary/aromatic N) is 2. The van der Waals surface area contributed by atoms with Gasteiger partial charge >= 0.3 is 0 Å². The molecule has 2 aromatic rings. The molecule has 0 aliphatic heterocycles. The first-order valence-corrected chi connectivity index (χ1v) is 13.9.